The van der Waals surface area contributed by atoms with Crippen LogP contribution in [0.3, 0.4) is 0 Å². The Morgan fingerprint density at radius 3 is 2.62 bits per heavy atom. The van der Waals surface area contributed by atoms with E-state index in [2.05, 4.69) is 21.7 Å². The number of ether oxygens (including phenoxy) is 2. The summed E-state index contributed by atoms with van der Waals surface area (Å²) in [5.41, 5.74) is 1.61. The largest absolute Gasteiger partial charge is 0.493 e. The Morgan fingerprint density at radius 1 is 1.33 bits per heavy atom. The minimum Gasteiger partial charge on any atom is -0.493 e. The predicted octanol–water partition coefficient (Wildman–Crippen LogP) is 3.45. The maximum Gasteiger partial charge on any atom is 0.251 e. The van der Waals surface area contributed by atoms with Gasteiger partial charge in [0.25, 0.3) is 5.91 Å². The van der Waals surface area contributed by atoms with Gasteiger partial charge in [0.1, 0.15) is 0 Å². The van der Waals surface area contributed by atoms with Gasteiger partial charge in [-0.2, -0.15) is 11.3 Å². The van der Waals surface area contributed by atoms with Crippen molar-refractivity contribution in [2.45, 2.75) is 6.04 Å². The summed E-state index contributed by atoms with van der Waals surface area (Å²) in [6, 6.07) is 5.37. The number of carbonyl (C=O) groups is 1. The number of nitrogens with one attached hydrogen (secondary N) is 1. The minimum absolute atomic E-state index is 0.107. The SMILES string of the molecule is COc1cc(C(=O)NCC(c2ccsc2)N(C)C)cc(Cl)c1OC. The van der Waals surface area contributed by atoms with Gasteiger partial charge in [-0.1, -0.05) is 11.6 Å². The second-order valence-electron chi connectivity index (χ2n) is 5.44. The van der Waals surface area contributed by atoms with E-state index >= 15 is 0 Å². The second kappa shape index (κ2) is 8.37. The number of benzene rings is 1. The predicted molar refractivity (Wildman–Crippen MR) is 97.6 cm³/mol. The Kier molecular flexibility index (Phi) is 6.48. The van der Waals surface area contributed by atoms with Gasteiger partial charge < -0.3 is 19.7 Å². The summed E-state index contributed by atoms with van der Waals surface area (Å²) in [5, 5.41) is 7.41. The Balaban J connectivity index is 2.13. The van der Waals surface area contributed by atoms with Crippen molar-refractivity contribution in [3.05, 3.63) is 45.1 Å². The van der Waals surface area contributed by atoms with Crippen LogP contribution < -0.4 is 14.8 Å². The van der Waals surface area contributed by atoms with E-state index < -0.39 is 0 Å². The molecule has 1 unspecified atom stereocenters. The number of rotatable bonds is 7. The van der Waals surface area contributed by atoms with E-state index in [9.17, 15) is 4.79 Å². The van der Waals surface area contributed by atoms with Crippen LogP contribution in [-0.4, -0.2) is 45.7 Å². The van der Waals surface area contributed by atoms with Crippen LogP contribution >= 0.6 is 22.9 Å². The first-order chi connectivity index (χ1) is 11.5. The van der Waals surface area contributed by atoms with Gasteiger partial charge >= 0.3 is 0 Å². The van der Waals surface area contributed by atoms with Crippen LogP contribution in [0.25, 0.3) is 0 Å². The summed E-state index contributed by atoms with van der Waals surface area (Å²) >= 11 is 7.80. The van der Waals surface area contributed by atoms with Crippen molar-refractivity contribution in [3.8, 4) is 11.5 Å². The summed E-state index contributed by atoms with van der Waals surface area (Å²) in [7, 11) is 6.99. The van der Waals surface area contributed by atoms with Gasteiger partial charge in [-0.05, 0) is 48.6 Å². The molecule has 1 aromatic heterocycles. The summed E-state index contributed by atoms with van der Waals surface area (Å²) in [5.74, 6) is 0.636. The molecule has 0 saturated heterocycles. The lowest BCUT2D eigenvalue weighted by Gasteiger charge is -2.24. The van der Waals surface area contributed by atoms with Crippen LogP contribution in [0, 0.1) is 0 Å². The number of hydrogen-bond acceptors (Lipinski definition) is 5. The van der Waals surface area contributed by atoms with Crippen molar-refractivity contribution in [1.29, 1.82) is 0 Å². The normalized spacial score (nSPS) is 12.1. The van der Waals surface area contributed by atoms with E-state index in [4.69, 9.17) is 21.1 Å². The van der Waals surface area contributed by atoms with Crippen LogP contribution in [0.15, 0.2) is 29.0 Å². The van der Waals surface area contributed by atoms with Crippen LogP contribution in [-0.2, 0) is 0 Å². The first-order valence-electron chi connectivity index (χ1n) is 7.36. The molecule has 1 N–H and O–H groups in total. The van der Waals surface area contributed by atoms with E-state index in [0.717, 1.165) is 0 Å². The molecule has 7 heteroatoms. The molecule has 24 heavy (non-hydrogen) atoms. The fourth-order valence-corrected chi connectivity index (χ4v) is 3.40. The highest BCUT2D eigenvalue weighted by Gasteiger charge is 2.18. The van der Waals surface area contributed by atoms with Gasteiger partial charge in [0.15, 0.2) is 11.5 Å². The molecular formula is C17H21ClN2O3S. The Hall–Kier alpha value is -1.76. The van der Waals surface area contributed by atoms with Gasteiger partial charge in [0.2, 0.25) is 0 Å². The van der Waals surface area contributed by atoms with Gasteiger partial charge in [-0.15, -0.1) is 0 Å². The monoisotopic (exact) mass is 368 g/mol. The van der Waals surface area contributed by atoms with Crippen LogP contribution in [0.2, 0.25) is 5.02 Å². The van der Waals surface area contributed by atoms with E-state index in [0.29, 0.717) is 28.6 Å². The molecule has 1 amide bonds. The smallest absolute Gasteiger partial charge is 0.251 e. The summed E-state index contributed by atoms with van der Waals surface area (Å²) in [6.45, 7) is 0.495. The first-order valence-corrected chi connectivity index (χ1v) is 8.68. The lowest BCUT2D eigenvalue weighted by atomic mass is 10.1. The quantitative estimate of drug-likeness (QED) is 0.813. The summed E-state index contributed by atoms with van der Waals surface area (Å²) in [4.78, 5) is 14.6. The molecule has 1 aromatic carbocycles. The molecule has 1 heterocycles. The van der Waals surface area contributed by atoms with Crippen molar-refractivity contribution in [1.82, 2.24) is 10.2 Å². The Bertz CT molecular complexity index is 689. The maximum atomic E-state index is 12.5. The molecule has 2 aromatic rings. The molecule has 2 rings (SSSR count). The van der Waals surface area contributed by atoms with Crippen molar-refractivity contribution in [2.24, 2.45) is 0 Å². The number of nitrogens with zero attached hydrogens (tertiary/aromatic N) is 1. The van der Waals surface area contributed by atoms with Crippen molar-refractivity contribution in [3.63, 3.8) is 0 Å². The van der Waals surface area contributed by atoms with Gasteiger partial charge in [0.05, 0.1) is 25.3 Å². The topological polar surface area (TPSA) is 50.8 Å². The number of likely N-dealkylation sites (N-methyl/N-ethyl adjacent to an activating group) is 1. The molecule has 5 nitrogen and oxygen atoms in total. The lowest BCUT2D eigenvalue weighted by molar-refractivity contribution is 0.0941. The van der Waals surface area contributed by atoms with Gasteiger partial charge in [-0.3, -0.25) is 4.79 Å². The van der Waals surface area contributed by atoms with E-state index in [1.54, 1.807) is 23.5 Å². The molecule has 0 aliphatic heterocycles. The van der Waals surface area contributed by atoms with E-state index in [1.165, 1.54) is 19.8 Å². The third kappa shape index (κ3) is 4.20. The Morgan fingerprint density at radius 2 is 2.08 bits per heavy atom. The Labute approximate surface area is 151 Å². The molecule has 0 bridgehead atoms. The molecule has 1 atom stereocenters. The molecule has 0 aliphatic rings. The van der Waals surface area contributed by atoms with E-state index in [-0.39, 0.29) is 11.9 Å². The third-order valence-electron chi connectivity index (χ3n) is 3.70. The van der Waals surface area contributed by atoms with Crippen molar-refractivity contribution < 1.29 is 14.3 Å². The highest BCUT2D eigenvalue weighted by Crippen LogP contribution is 2.36. The molecule has 0 aliphatic carbocycles. The third-order valence-corrected chi connectivity index (χ3v) is 4.69. The molecule has 0 saturated carbocycles. The first kappa shape index (κ1) is 18.6. The van der Waals surface area contributed by atoms with Crippen molar-refractivity contribution >= 4 is 28.8 Å². The minimum atomic E-state index is -0.208. The average molecular weight is 369 g/mol. The van der Waals surface area contributed by atoms with E-state index in [1.807, 2.05) is 19.5 Å². The summed E-state index contributed by atoms with van der Waals surface area (Å²) in [6.07, 6.45) is 0. The number of hydrogen-bond donors (Lipinski definition) is 1. The second-order valence-corrected chi connectivity index (χ2v) is 6.63. The molecular weight excluding hydrogens is 348 g/mol. The fraction of sp³-hybridized carbons (Fsp3) is 0.353. The number of halogens is 1. The fourth-order valence-electron chi connectivity index (χ4n) is 2.40. The van der Waals surface area contributed by atoms with Crippen LogP contribution in [0.5, 0.6) is 11.5 Å². The highest BCUT2D eigenvalue weighted by atomic mass is 35.5. The zero-order chi connectivity index (χ0) is 17.7. The number of thiophene rings is 1. The van der Waals surface area contributed by atoms with Gasteiger partial charge in [0, 0.05) is 12.1 Å². The number of carbonyl (C=O) groups excluding carboxylic acids is 1. The lowest BCUT2D eigenvalue weighted by Crippen LogP contribution is -2.34. The average Bonchev–Trinajstić information content (AvgIpc) is 3.07. The molecule has 0 fully saturated rings. The number of amides is 1. The number of methoxy groups -OCH3 is 2. The summed E-state index contributed by atoms with van der Waals surface area (Å²) < 4.78 is 10.4. The van der Waals surface area contributed by atoms with Gasteiger partial charge in [-0.25, -0.2) is 0 Å². The standard InChI is InChI=1S/C17H21ClN2O3S/c1-20(2)14(11-5-6-24-10-11)9-19-17(21)12-7-13(18)16(23-4)15(8-12)22-3/h5-8,10,14H,9H2,1-4H3,(H,19,21). The molecule has 0 spiro atoms. The zero-order valence-corrected chi connectivity index (χ0v) is 15.7. The highest BCUT2D eigenvalue weighted by molar-refractivity contribution is 7.07. The molecule has 0 radical (unpaired) electrons. The maximum absolute atomic E-state index is 12.5. The zero-order valence-electron chi connectivity index (χ0n) is 14.1. The van der Waals surface area contributed by atoms with Crippen molar-refractivity contribution in [2.75, 3.05) is 34.9 Å². The van der Waals surface area contributed by atoms with Crippen LogP contribution in [0.4, 0.5) is 0 Å². The van der Waals surface area contributed by atoms with Crippen LogP contribution in [0.1, 0.15) is 22.0 Å². The molecule has 130 valence electrons.